The third-order valence-electron chi connectivity index (χ3n) is 2.80. The van der Waals surface area contributed by atoms with Gasteiger partial charge in [0, 0.05) is 29.6 Å². The van der Waals surface area contributed by atoms with E-state index in [2.05, 4.69) is 27.3 Å². The molecule has 2 rings (SSSR count). The van der Waals surface area contributed by atoms with E-state index >= 15 is 0 Å². The van der Waals surface area contributed by atoms with Gasteiger partial charge in [0.25, 0.3) is 0 Å². The van der Waals surface area contributed by atoms with E-state index in [1.54, 1.807) is 19.0 Å². The van der Waals surface area contributed by atoms with Crippen LogP contribution in [-0.4, -0.2) is 31.4 Å². The lowest BCUT2D eigenvalue weighted by molar-refractivity contribution is -0.126. The Morgan fingerprint density at radius 3 is 2.50 bits per heavy atom. The van der Waals surface area contributed by atoms with Crippen LogP contribution in [0, 0.1) is 0 Å². The SMILES string of the molecule is CN(C)C(=O)CNc1ccc(Br)c2ccccc12. The largest absolute Gasteiger partial charge is 0.376 e. The van der Waals surface area contributed by atoms with Crippen LogP contribution in [0.3, 0.4) is 0 Å². The predicted molar refractivity (Wildman–Crippen MR) is 78.8 cm³/mol. The van der Waals surface area contributed by atoms with Crippen molar-refractivity contribution in [2.24, 2.45) is 0 Å². The van der Waals surface area contributed by atoms with Crippen LogP contribution in [-0.2, 0) is 4.79 Å². The standard InChI is InChI=1S/C14H15BrN2O/c1-17(2)14(18)9-16-13-8-7-12(15)10-5-3-4-6-11(10)13/h3-8,16H,9H2,1-2H3. The quantitative estimate of drug-likeness (QED) is 0.945. The van der Waals surface area contributed by atoms with Gasteiger partial charge in [-0.1, -0.05) is 40.2 Å². The Morgan fingerprint density at radius 1 is 1.17 bits per heavy atom. The fraction of sp³-hybridized carbons (Fsp3) is 0.214. The van der Waals surface area contributed by atoms with Gasteiger partial charge < -0.3 is 10.2 Å². The predicted octanol–water partition coefficient (Wildman–Crippen LogP) is 3.10. The molecule has 0 aliphatic rings. The molecule has 0 aliphatic carbocycles. The van der Waals surface area contributed by atoms with E-state index in [4.69, 9.17) is 0 Å². The van der Waals surface area contributed by atoms with Gasteiger partial charge in [-0.15, -0.1) is 0 Å². The maximum atomic E-state index is 11.6. The van der Waals surface area contributed by atoms with E-state index < -0.39 is 0 Å². The lowest BCUT2D eigenvalue weighted by atomic mass is 10.1. The first-order valence-corrected chi connectivity index (χ1v) is 6.50. The summed E-state index contributed by atoms with van der Waals surface area (Å²) < 4.78 is 1.06. The molecule has 1 N–H and O–H groups in total. The molecule has 0 atom stereocenters. The molecule has 4 heteroatoms. The molecule has 0 spiro atoms. The van der Waals surface area contributed by atoms with Crippen molar-refractivity contribution >= 4 is 38.3 Å². The zero-order chi connectivity index (χ0) is 13.1. The van der Waals surface area contributed by atoms with Gasteiger partial charge in [-0.05, 0) is 17.5 Å². The topological polar surface area (TPSA) is 32.3 Å². The molecule has 2 aromatic rings. The summed E-state index contributed by atoms with van der Waals surface area (Å²) in [6, 6.07) is 12.1. The number of carbonyl (C=O) groups excluding carboxylic acids is 1. The molecule has 0 saturated heterocycles. The average molecular weight is 307 g/mol. The highest BCUT2D eigenvalue weighted by Crippen LogP contribution is 2.29. The van der Waals surface area contributed by atoms with Crippen molar-refractivity contribution in [2.45, 2.75) is 0 Å². The molecule has 3 nitrogen and oxygen atoms in total. The lowest BCUT2D eigenvalue weighted by Gasteiger charge is -2.13. The van der Waals surface area contributed by atoms with Crippen molar-refractivity contribution in [1.29, 1.82) is 0 Å². The van der Waals surface area contributed by atoms with Crippen LogP contribution in [0.4, 0.5) is 5.69 Å². The van der Waals surface area contributed by atoms with Crippen LogP contribution < -0.4 is 5.32 Å². The fourth-order valence-corrected chi connectivity index (χ4v) is 2.22. The molecule has 0 fully saturated rings. The molecule has 0 bridgehead atoms. The van der Waals surface area contributed by atoms with Crippen molar-refractivity contribution in [3.63, 3.8) is 0 Å². The first kappa shape index (κ1) is 12.9. The molecule has 18 heavy (non-hydrogen) atoms. The molecule has 94 valence electrons. The number of amides is 1. The van der Waals surface area contributed by atoms with Gasteiger partial charge in [-0.2, -0.15) is 0 Å². The second-order valence-electron chi connectivity index (χ2n) is 4.28. The molecular weight excluding hydrogens is 292 g/mol. The molecule has 0 radical (unpaired) electrons. The summed E-state index contributed by atoms with van der Waals surface area (Å²) in [4.78, 5) is 13.2. The summed E-state index contributed by atoms with van der Waals surface area (Å²) in [5.74, 6) is 0.0574. The number of hydrogen-bond acceptors (Lipinski definition) is 2. The highest BCUT2D eigenvalue weighted by molar-refractivity contribution is 9.10. The first-order valence-electron chi connectivity index (χ1n) is 5.71. The van der Waals surface area contributed by atoms with Gasteiger partial charge in [0.1, 0.15) is 0 Å². The number of rotatable bonds is 3. The van der Waals surface area contributed by atoms with E-state index in [0.717, 1.165) is 20.9 Å². The minimum atomic E-state index is 0.0574. The van der Waals surface area contributed by atoms with Crippen molar-refractivity contribution in [2.75, 3.05) is 26.0 Å². The zero-order valence-electron chi connectivity index (χ0n) is 10.4. The molecular formula is C14H15BrN2O. The van der Waals surface area contributed by atoms with Gasteiger partial charge >= 0.3 is 0 Å². The van der Waals surface area contributed by atoms with Crippen LogP contribution in [0.25, 0.3) is 10.8 Å². The number of hydrogen-bond donors (Lipinski definition) is 1. The van der Waals surface area contributed by atoms with Crippen molar-refractivity contribution in [1.82, 2.24) is 4.90 Å². The molecule has 0 aliphatic heterocycles. The number of benzene rings is 2. The van der Waals surface area contributed by atoms with Gasteiger partial charge in [0.2, 0.25) is 5.91 Å². The number of anilines is 1. The number of nitrogens with zero attached hydrogens (tertiary/aromatic N) is 1. The van der Waals surface area contributed by atoms with E-state index in [1.807, 2.05) is 30.3 Å². The summed E-state index contributed by atoms with van der Waals surface area (Å²) in [7, 11) is 3.51. The van der Waals surface area contributed by atoms with Crippen LogP contribution in [0.15, 0.2) is 40.9 Å². The van der Waals surface area contributed by atoms with Gasteiger partial charge in [-0.25, -0.2) is 0 Å². The Balaban J connectivity index is 2.29. The van der Waals surface area contributed by atoms with Crippen molar-refractivity contribution in [3.05, 3.63) is 40.9 Å². The monoisotopic (exact) mass is 306 g/mol. The number of likely N-dealkylation sites (N-methyl/N-ethyl adjacent to an activating group) is 1. The van der Waals surface area contributed by atoms with E-state index in [-0.39, 0.29) is 5.91 Å². The first-order chi connectivity index (χ1) is 8.59. The minimum absolute atomic E-state index is 0.0574. The molecule has 2 aromatic carbocycles. The second-order valence-corrected chi connectivity index (χ2v) is 5.14. The number of carbonyl (C=O) groups is 1. The minimum Gasteiger partial charge on any atom is -0.376 e. The zero-order valence-corrected chi connectivity index (χ0v) is 12.0. The average Bonchev–Trinajstić information content (AvgIpc) is 2.38. The Kier molecular flexibility index (Phi) is 3.87. The summed E-state index contributed by atoms with van der Waals surface area (Å²) in [5, 5.41) is 5.43. The Hall–Kier alpha value is -1.55. The van der Waals surface area contributed by atoms with Crippen LogP contribution in [0.2, 0.25) is 0 Å². The number of nitrogens with one attached hydrogen (secondary N) is 1. The smallest absolute Gasteiger partial charge is 0.241 e. The van der Waals surface area contributed by atoms with E-state index in [9.17, 15) is 4.79 Å². The maximum absolute atomic E-state index is 11.6. The lowest BCUT2D eigenvalue weighted by Crippen LogP contribution is -2.28. The third-order valence-corrected chi connectivity index (χ3v) is 3.49. The third kappa shape index (κ3) is 2.64. The molecule has 0 unspecified atom stereocenters. The van der Waals surface area contributed by atoms with Crippen LogP contribution in [0.1, 0.15) is 0 Å². The van der Waals surface area contributed by atoms with Gasteiger partial charge in [0.05, 0.1) is 6.54 Å². The maximum Gasteiger partial charge on any atom is 0.241 e. The number of fused-ring (bicyclic) bond motifs is 1. The fourth-order valence-electron chi connectivity index (χ4n) is 1.75. The summed E-state index contributed by atoms with van der Waals surface area (Å²) in [6.45, 7) is 0.304. The Bertz CT molecular complexity index is 581. The van der Waals surface area contributed by atoms with Crippen LogP contribution in [0.5, 0.6) is 0 Å². The Morgan fingerprint density at radius 2 is 1.83 bits per heavy atom. The van der Waals surface area contributed by atoms with Crippen molar-refractivity contribution in [3.8, 4) is 0 Å². The van der Waals surface area contributed by atoms with E-state index in [0.29, 0.717) is 6.54 Å². The summed E-state index contributed by atoms with van der Waals surface area (Å²) >= 11 is 3.53. The number of halogens is 1. The van der Waals surface area contributed by atoms with Crippen molar-refractivity contribution < 1.29 is 4.79 Å². The highest BCUT2D eigenvalue weighted by atomic mass is 79.9. The van der Waals surface area contributed by atoms with Gasteiger partial charge in [-0.3, -0.25) is 4.79 Å². The Labute approximate surface area is 115 Å². The van der Waals surface area contributed by atoms with Crippen LogP contribution >= 0.6 is 15.9 Å². The highest BCUT2D eigenvalue weighted by Gasteiger charge is 2.06. The molecule has 0 heterocycles. The normalized spacial score (nSPS) is 10.4. The molecule has 1 amide bonds. The van der Waals surface area contributed by atoms with E-state index in [1.165, 1.54) is 0 Å². The molecule has 0 aromatic heterocycles. The molecule has 0 saturated carbocycles. The second kappa shape index (κ2) is 5.40. The summed E-state index contributed by atoms with van der Waals surface area (Å²) in [5.41, 5.74) is 0.976. The van der Waals surface area contributed by atoms with Gasteiger partial charge in [0.15, 0.2) is 0 Å². The summed E-state index contributed by atoms with van der Waals surface area (Å²) in [6.07, 6.45) is 0.